The molecule has 16 aliphatic carbocycles. The van der Waals surface area contributed by atoms with Gasteiger partial charge >= 0.3 is 0 Å². The second-order valence-electron chi connectivity index (χ2n) is 42.4. The summed E-state index contributed by atoms with van der Waals surface area (Å²) >= 11 is 23.5. The summed E-state index contributed by atoms with van der Waals surface area (Å²) in [5.41, 5.74) is -13.3. The number of nitrogens with zero attached hydrogens (tertiary/aromatic N) is 4. The number of rotatable bonds is 10. The van der Waals surface area contributed by atoms with Crippen LogP contribution < -0.4 is 0 Å². The molecule has 17 nitrogen and oxygen atoms in total. The van der Waals surface area contributed by atoms with Crippen LogP contribution in [-0.4, -0.2) is 196 Å². The lowest BCUT2D eigenvalue weighted by molar-refractivity contribution is -0.522. The molecule has 1 unspecified atom stereocenters. The van der Waals surface area contributed by atoms with E-state index in [9.17, 15) is 64.8 Å². The number of ketones is 5. The van der Waals surface area contributed by atoms with Gasteiger partial charge in [-0.15, -0.1) is 46.4 Å². The van der Waals surface area contributed by atoms with E-state index in [2.05, 4.69) is 34.6 Å². The number of hydrazone groups is 1. The Bertz CT molecular complexity index is 4770. The van der Waals surface area contributed by atoms with E-state index in [0.717, 1.165) is 77.2 Å². The van der Waals surface area contributed by atoms with Crippen LogP contribution in [0.3, 0.4) is 0 Å². The van der Waals surface area contributed by atoms with E-state index < -0.39 is 160 Å². The lowest BCUT2D eigenvalue weighted by atomic mass is 9.43. The number of aliphatic hydroxyl groups is 8. The molecule has 12 saturated carbocycles. The summed E-state index contributed by atoms with van der Waals surface area (Å²) in [7, 11) is 0. The fourth-order valence-electron chi connectivity index (χ4n) is 31.6. The van der Waals surface area contributed by atoms with Gasteiger partial charge in [0.15, 0.2) is 53.0 Å². The van der Waals surface area contributed by atoms with Crippen LogP contribution in [0.4, 0.5) is 17.6 Å². The van der Waals surface area contributed by atoms with Gasteiger partial charge < -0.3 is 40.9 Å². The van der Waals surface area contributed by atoms with Gasteiger partial charge in [0.1, 0.15) is 39.5 Å². The topological polar surface area (TPSA) is 280 Å². The van der Waals surface area contributed by atoms with Crippen molar-refractivity contribution in [3.8, 4) is 0 Å². The average Bonchev–Trinajstić information content (AvgIpc) is 1.61. The third-order valence-corrected chi connectivity index (χ3v) is 39.2. The number of aryl methyl sites for hydroxylation is 1. The molecular formula is C96H129Cl4F4N4O13+. The minimum Gasteiger partial charge on any atom is -0.390 e. The summed E-state index contributed by atoms with van der Waals surface area (Å²) in [5.74, 6) is -6.84. The fourth-order valence-corrected chi connectivity index (χ4v) is 32.4. The first-order chi connectivity index (χ1) is 56.4. The highest BCUT2D eigenvalue weighted by molar-refractivity contribution is 6.30. The summed E-state index contributed by atoms with van der Waals surface area (Å²) in [4.78, 5) is 62.9. The molecule has 666 valence electrons. The van der Waals surface area contributed by atoms with Gasteiger partial charge in [0, 0.05) is 73.5 Å². The third-order valence-electron chi connectivity index (χ3n) is 38.2. The quantitative estimate of drug-likeness (QED) is 0.0615. The Morgan fingerprint density at radius 2 is 0.851 bits per heavy atom. The number of Topliss-reactive ketones (excluding diaryl/α,β-unsaturated/α-hetero) is 4. The van der Waals surface area contributed by atoms with Crippen molar-refractivity contribution >= 4 is 93.3 Å². The number of carbonyl (C=O) groups is 5. The minimum absolute atomic E-state index is 0.0151. The van der Waals surface area contributed by atoms with Crippen molar-refractivity contribution in [1.29, 1.82) is 0 Å². The Kier molecular flexibility index (Phi) is 22.7. The number of aromatic nitrogens is 2. The third kappa shape index (κ3) is 11.5. The molecular weight excluding hydrogens is 1630 g/mol. The minimum atomic E-state index is -1.95. The van der Waals surface area contributed by atoms with Crippen LogP contribution in [0.25, 0.3) is 6.08 Å². The van der Waals surface area contributed by atoms with Gasteiger partial charge in [0.25, 0.3) is 0 Å². The number of fused-ring (bicyclic) bond motifs is 22. The molecule has 33 atom stereocenters. The molecule has 121 heavy (non-hydrogen) atoms. The Balaban J connectivity index is 0.000000126. The summed E-state index contributed by atoms with van der Waals surface area (Å²) in [6.07, 6.45) is 23.9. The van der Waals surface area contributed by atoms with E-state index in [-0.39, 0.29) is 108 Å². The van der Waals surface area contributed by atoms with Crippen molar-refractivity contribution in [2.45, 2.75) is 295 Å². The Morgan fingerprint density at radius 1 is 0.496 bits per heavy atom. The van der Waals surface area contributed by atoms with Crippen LogP contribution in [0.1, 0.15) is 224 Å². The molecule has 1 aliphatic heterocycles. The monoisotopic (exact) mass is 1760 g/mol. The van der Waals surface area contributed by atoms with Gasteiger partial charge in [-0.1, -0.05) is 127 Å². The summed E-state index contributed by atoms with van der Waals surface area (Å²) in [6.45, 7) is 30.0. The number of hydrogen-bond acceptors (Lipinski definition) is 15. The zero-order valence-corrected chi connectivity index (χ0v) is 76.1. The number of aliphatic hydroxyl groups excluding tert-OH is 4. The number of hydrogen-bond donors (Lipinski definition) is 8. The van der Waals surface area contributed by atoms with Crippen molar-refractivity contribution < 1.29 is 87.1 Å². The van der Waals surface area contributed by atoms with Gasteiger partial charge in [0.05, 0.1) is 65.7 Å². The predicted octanol–water partition coefficient (Wildman–Crippen LogP) is 15.1. The fraction of sp³-hybridized carbons (Fsp3) is 0.750. The van der Waals surface area contributed by atoms with Crippen molar-refractivity contribution in [3.05, 3.63) is 93.9 Å². The summed E-state index contributed by atoms with van der Waals surface area (Å²) < 4.78 is 72.8. The maximum absolute atomic E-state index is 17.5. The van der Waals surface area contributed by atoms with Gasteiger partial charge in [-0.05, 0) is 238 Å². The van der Waals surface area contributed by atoms with Crippen LogP contribution >= 0.6 is 46.4 Å². The second kappa shape index (κ2) is 30.1. The van der Waals surface area contributed by atoms with E-state index in [1.807, 2.05) is 131 Å². The molecule has 0 spiro atoms. The maximum Gasteiger partial charge on any atom is 0.182 e. The molecule has 1 aromatic heterocycles. The zero-order chi connectivity index (χ0) is 88.6. The molecule has 18 rings (SSSR count). The zero-order valence-electron chi connectivity index (χ0n) is 73.1. The van der Waals surface area contributed by atoms with Gasteiger partial charge in [-0.3, -0.25) is 28.7 Å². The van der Waals surface area contributed by atoms with Crippen LogP contribution in [-0.2, 0) is 36.9 Å². The Morgan fingerprint density at radius 3 is 1.23 bits per heavy atom. The van der Waals surface area contributed by atoms with E-state index in [4.69, 9.17) is 46.4 Å². The SMILES string of the molecule is C/C=C1\C=C[C@@]2(C)C(=C1)CC[C@H]1[C@@H]3C[C@H](C)[C@](O)(C(=O)CCl)[C@@]3(C)C[C@H](O)[C@@]12F.CC[N+]1=CC2C[C@@]3(C)C(=CC2=N1)CC[C@H]1[C@@H]2C[C@H](C)[C@](O)(C(=O)CCl)[C@@]2(C)C[C@H](O)[C@@]13F.CCn1ncc2c1C=C1CC[C@H]3[C@@H]4C[C@H](C)[C@](O)(C(=O)CCl)[C@@]4(C)C[C@H](O)[C@]3(F)[C@@]1(C)C2.C[C@H]1C[C@H]2[C@@H]3CCC4=CC(=O)C=C[C@]4(C)[C@@]3(F)[C@@H](O)C[C@]2(C)[C@@]1(O)C(=O)CCl. The largest absolute Gasteiger partial charge is 0.390 e. The van der Waals surface area contributed by atoms with Crippen molar-refractivity contribution in [2.75, 3.05) is 30.1 Å². The normalized spacial score (nSPS) is 50.9. The predicted molar refractivity (Wildman–Crippen MR) is 459 cm³/mol. The molecule has 25 heteroatoms. The maximum atomic E-state index is 17.5. The second-order valence-corrected chi connectivity index (χ2v) is 43.4. The molecule has 0 saturated heterocycles. The highest BCUT2D eigenvalue weighted by Crippen LogP contribution is 2.77. The van der Waals surface area contributed by atoms with E-state index in [1.54, 1.807) is 13.0 Å². The molecule has 8 N–H and O–H groups in total. The van der Waals surface area contributed by atoms with Crippen LogP contribution in [0.5, 0.6) is 0 Å². The van der Waals surface area contributed by atoms with E-state index in [0.29, 0.717) is 70.6 Å². The number of alkyl halides is 8. The summed E-state index contributed by atoms with van der Waals surface area (Å²) in [6, 6.07) is 0. The van der Waals surface area contributed by atoms with Gasteiger partial charge in [-0.2, -0.15) is 5.10 Å². The molecule has 17 aliphatic rings. The molecule has 0 aromatic carbocycles. The van der Waals surface area contributed by atoms with Crippen molar-refractivity contribution in [2.24, 2.45) is 125 Å². The lowest BCUT2D eigenvalue weighted by Gasteiger charge is -2.63. The first-order valence-electron chi connectivity index (χ1n) is 44.8. The highest BCUT2D eigenvalue weighted by Gasteiger charge is 2.81. The van der Waals surface area contributed by atoms with E-state index in [1.165, 1.54) is 12.2 Å². The highest BCUT2D eigenvalue weighted by atomic mass is 35.5. The smallest absolute Gasteiger partial charge is 0.182 e. The van der Waals surface area contributed by atoms with Gasteiger partial charge in [0.2, 0.25) is 0 Å². The summed E-state index contributed by atoms with van der Waals surface area (Å²) in [5, 5.41) is 101. The molecule has 2 heterocycles. The first kappa shape index (κ1) is 91.4. The first-order valence-corrected chi connectivity index (χ1v) is 47.0. The molecule has 12 fully saturated rings. The van der Waals surface area contributed by atoms with Crippen LogP contribution in [0, 0.1) is 120 Å². The van der Waals surface area contributed by atoms with E-state index >= 15 is 17.6 Å². The number of allylic oxidation sites excluding steroid dienone is 13. The lowest BCUT2D eigenvalue weighted by Crippen LogP contribution is -2.70. The standard InChI is InChI=1S/C25H35ClFN2O3.C25H34ClFN2O3.C24H32ClFO3.C22H28ClFO4/c1-5-29-13-15-10-22(3)16(9-19(15)28-29)6-7-17-18-8-14(2)25(32,21(31)12-26)23(18,4)11-20(30)24(17,22)27;1-5-29-19-9-16-6-7-17-18-8-14(2)25(32,21(31)12-26)23(18,4)11-20(30)24(17,27)22(16,3)10-15(19)13-28-29;1-5-15-8-9-21(3)16(11-15)6-7-17-18-10-14(2)24(29,20(28)13-25)22(18,4)12-19(27)23(17,21)26;1-12-8-16-15-5-4-13-9-14(25)6-7-19(13,2)21(15,24)17(26)10-20(16,3)22(12,28)18(27)11-23/h9,13-15,17-18,20,30,32H,5-8,10-12H2,1-4H3;9,13-14,17-18,20,30,32H,5-8,10-12H2,1-4H3;5,8-9,11,14,17-19,27,29H,6-7,10,12-13H2,1-4H3;6-7,9,12,15-17,26,28H,4-5,8,10-11H2,1-3H3/q+1;;;/b;;15-5+;/t14-,15?,17-,18-,20-,22-,23-,24-,25-;14-,17-,18-,20-,22-,23-,24-,25-;14-,17-,18-,19-,21-,22-,23-,24-;12-,15-,16-,17-,19-,20-,21-,22-/m0000/s1. The number of halogens is 8. The molecule has 0 bridgehead atoms. The molecule has 1 aromatic rings. The van der Waals surface area contributed by atoms with Crippen molar-refractivity contribution in [1.82, 2.24) is 9.78 Å². The number of carbonyl (C=O) groups excluding carboxylic acids is 5. The van der Waals surface area contributed by atoms with Crippen molar-refractivity contribution in [3.63, 3.8) is 0 Å². The van der Waals surface area contributed by atoms with Crippen LogP contribution in [0.15, 0.2) is 87.8 Å². The Hall–Kier alpha value is -4.36. The molecule has 0 radical (unpaired) electrons. The van der Waals surface area contributed by atoms with Crippen LogP contribution in [0.2, 0.25) is 0 Å². The molecule has 0 amide bonds. The Labute approximate surface area is 730 Å². The van der Waals surface area contributed by atoms with Gasteiger partial charge in [-0.25, -0.2) is 17.6 Å². The average molecular weight is 1760 g/mol.